The van der Waals surface area contributed by atoms with Crippen molar-refractivity contribution in [3.05, 3.63) is 83.4 Å². The SMILES string of the molecule is CO/C(O[Si](C)(C)C)=C(/C)N(Cc1ccccc1)Cc1ccccc1. The fraction of sp³-hybridized carbons (Fsp3) is 0.333. The lowest BCUT2D eigenvalue weighted by Gasteiger charge is -2.29. The van der Waals surface area contributed by atoms with Crippen LogP contribution in [0.15, 0.2) is 72.3 Å². The average molecular weight is 356 g/mol. The zero-order valence-corrected chi connectivity index (χ0v) is 17.0. The van der Waals surface area contributed by atoms with Crippen molar-refractivity contribution in [1.82, 2.24) is 4.90 Å². The quantitative estimate of drug-likeness (QED) is 0.469. The first-order chi connectivity index (χ1) is 11.9. The summed E-state index contributed by atoms with van der Waals surface area (Å²) in [6.07, 6.45) is 0. The van der Waals surface area contributed by atoms with Crippen molar-refractivity contribution in [1.29, 1.82) is 0 Å². The minimum absolute atomic E-state index is 0.631. The third-order valence-electron chi connectivity index (χ3n) is 3.79. The molecule has 0 unspecified atom stereocenters. The van der Waals surface area contributed by atoms with Crippen molar-refractivity contribution in [2.75, 3.05) is 7.11 Å². The number of nitrogens with zero attached hydrogens (tertiary/aromatic N) is 1. The minimum Gasteiger partial charge on any atom is -0.518 e. The fourth-order valence-corrected chi connectivity index (χ4v) is 3.36. The van der Waals surface area contributed by atoms with Gasteiger partial charge in [-0.3, -0.25) is 0 Å². The van der Waals surface area contributed by atoms with Crippen molar-refractivity contribution in [2.45, 2.75) is 39.7 Å². The molecule has 2 aromatic rings. The van der Waals surface area contributed by atoms with Crippen LogP contribution in [-0.2, 0) is 22.3 Å². The van der Waals surface area contributed by atoms with Crippen LogP contribution in [0.5, 0.6) is 0 Å². The van der Waals surface area contributed by atoms with Crippen molar-refractivity contribution in [2.24, 2.45) is 0 Å². The van der Waals surface area contributed by atoms with Gasteiger partial charge in [-0.05, 0) is 37.7 Å². The van der Waals surface area contributed by atoms with Crippen LogP contribution >= 0.6 is 0 Å². The average Bonchev–Trinajstić information content (AvgIpc) is 2.59. The Kier molecular flexibility index (Phi) is 6.71. The number of ether oxygens (including phenoxy) is 1. The molecule has 0 aromatic heterocycles. The minimum atomic E-state index is -1.74. The molecule has 3 nitrogen and oxygen atoms in total. The molecule has 0 atom stereocenters. The molecular formula is C21H29NO2Si. The topological polar surface area (TPSA) is 21.7 Å². The molecule has 134 valence electrons. The number of hydrogen-bond acceptors (Lipinski definition) is 3. The van der Waals surface area contributed by atoms with Gasteiger partial charge in [0, 0.05) is 13.1 Å². The lowest BCUT2D eigenvalue weighted by molar-refractivity contribution is 0.124. The molecule has 0 N–H and O–H groups in total. The van der Waals surface area contributed by atoms with Crippen molar-refractivity contribution in [3.63, 3.8) is 0 Å². The van der Waals surface area contributed by atoms with Crippen LogP contribution in [-0.4, -0.2) is 20.3 Å². The van der Waals surface area contributed by atoms with Crippen molar-refractivity contribution >= 4 is 8.32 Å². The van der Waals surface area contributed by atoms with Crippen LogP contribution in [0.4, 0.5) is 0 Å². The van der Waals surface area contributed by atoms with E-state index in [4.69, 9.17) is 9.16 Å². The summed E-state index contributed by atoms with van der Waals surface area (Å²) in [5.41, 5.74) is 3.56. The second-order valence-electron chi connectivity index (χ2n) is 7.12. The highest BCUT2D eigenvalue weighted by Gasteiger charge is 2.22. The number of methoxy groups -OCH3 is 1. The summed E-state index contributed by atoms with van der Waals surface area (Å²) < 4.78 is 11.8. The van der Waals surface area contributed by atoms with E-state index in [1.54, 1.807) is 7.11 Å². The molecule has 0 bridgehead atoms. The molecule has 0 radical (unpaired) electrons. The molecule has 0 fully saturated rings. The van der Waals surface area contributed by atoms with Gasteiger partial charge >= 0.3 is 0 Å². The maximum Gasteiger partial charge on any atom is 0.284 e. The molecule has 0 aliphatic heterocycles. The summed E-state index contributed by atoms with van der Waals surface area (Å²) in [5.74, 6) is 0.631. The summed E-state index contributed by atoms with van der Waals surface area (Å²) in [7, 11) is -0.0608. The summed E-state index contributed by atoms with van der Waals surface area (Å²) in [6, 6.07) is 21.0. The molecule has 0 heterocycles. The van der Waals surface area contributed by atoms with Crippen LogP contribution in [0.25, 0.3) is 0 Å². The number of allylic oxidation sites excluding steroid dienone is 1. The van der Waals surface area contributed by atoms with Crippen molar-refractivity contribution in [3.8, 4) is 0 Å². The zero-order chi connectivity index (χ0) is 18.3. The van der Waals surface area contributed by atoms with Crippen LogP contribution in [0, 0.1) is 0 Å². The Hall–Kier alpha value is -2.20. The van der Waals surface area contributed by atoms with E-state index in [1.165, 1.54) is 11.1 Å². The lowest BCUT2D eigenvalue weighted by atomic mass is 10.1. The fourth-order valence-electron chi connectivity index (χ4n) is 2.57. The molecule has 4 heteroatoms. The van der Waals surface area contributed by atoms with Crippen LogP contribution in [0.1, 0.15) is 18.1 Å². The maximum atomic E-state index is 6.16. The summed E-state index contributed by atoms with van der Waals surface area (Å²) in [6.45, 7) is 10.2. The summed E-state index contributed by atoms with van der Waals surface area (Å²) in [5, 5.41) is 0. The lowest BCUT2D eigenvalue weighted by Crippen LogP contribution is -2.29. The van der Waals surface area contributed by atoms with Gasteiger partial charge in [-0.1, -0.05) is 60.7 Å². The summed E-state index contributed by atoms with van der Waals surface area (Å²) >= 11 is 0. The van der Waals surface area contributed by atoms with E-state index in [0.717, 1.165) is 18.8 Å². The van der Waals surface area contributed by atoms with E-state index in [0.29, 0.717) is 5.95 Å². The van der Waals surface area contributed by atoms with Gasteiger partial charge in [0.2, 0.25) is 8.32 Å². The Balaban J connectivity index is 2.31. The third kappa shape index (κ3) is 6.31. The van der Waals surface area contributed by atoms with E-state index in [-0.39, 0.29) is 0 Å². The Morgan fingerprint density at radius 1 is 0.840 bits per heavy atom. The third-order valence-corrected chi connectivity index (χ3v) is 4.58. The highest BCUT2D eigenvalue weighted by molar-refractivity contribution is 6.70. The van der Waals surface area contributed by atoms with E-state index in [2.05, 4.69) is 80.0 Å². The predicted octanol–water partition coefficient (Wildman–Crippen LogP) is 5.38. The summed E-state index contributed by atoms with van der Waals surface area (Å²) in [4.78, 5) is 2.31. The molecular weight excluding hydrogens is 326 g/mol. The monoisotopic (exact) mass is 355 g/mol. The molecule has 0 aliphatic rings. The normalized spacial score (nSPS) is 12.4. The zero-order valence-electron chi connectivity index (χ0n) is 16.0. The number of hydrogen-bond donors (Lipinski definition) is 0. The van der Waals surface area contributed by atoms with Gasteiger partial charge in [-0.15, -0.1) is 0 Å². The highest BCUT2D eigenvalue weighted by atomic mass is 28.4. The van der Waals surface area contributed by atoms with Gasteiger partial charge in [0.05, 0.1) is 12.8 Å². The Morgan fingerprint density at radius 3 is 1.64 bits per heavy atom. The molecule has 0 amide bonds. The molecule has 2 rings (SSSR count). The standard InChI is InChI=1S/C21H29NO2Si/c1-18(21(23-2)24-25(3,4)5)22(16-19-12-8-6-9-13-19)17-20-14-10-7-11-15-20/h6-15H,16-17H2,1-5H3/b21-18+. The maximum absolute atomic E-state index is 6.16. The van der Waals surface area contributed by atoms with Gasteiger partial charge in [0.25, 0.3) is 5.95 Å². The predicted molar refractivity (Wildman–Crippen MR) is 106 cm³/mol. The van der Waals surface area contributed by atoms with E-state index in [9.17, 15) is 0 Å². The molecule has 25 heavy (non-hydrogen) atoms. The Morgan fingerprint density at radius 2 is 1.28 bits per heavy atom. The van der Waals surface area contributed by atoms with E-state index < -0.39 is 8.32 Å². The first kappa shape index (κ1) is 19.1. The van der Waals surface area contributed by atoms with Crippen LogP contribution in [0.2, 0.25) is 19.6 Å². The molecule has 0 spiro atoms. The van der Waals surface area contributed by atoms with Gasteiger partial charge in [-0.2, -0.15) is 0 Å². The van der Waals surface area contributed by atoms with Gasteiger partial charge < -0.3 is 14.1 Å². The second kappa shape index (κ2) is 8.76. The second-order valence-corrected chi connectivity index (χ2v) is 11.5. The number of benzene rings is 2. The van der Waals surface area contributed by atoms with E-state index in [1.807, 2.05) is 12.1 Å². The van der Waals surface area contributed by atoms with Gasteiger partial charge in [0.15, 0.2) is 0 Å². The molecule has 0 saturated heterocycles. The highest BCUT2D eigenvalue weighted by Crippen LogP contribution is 2.22. The largest absolute Gasteiger partial charge is 0.518 e. The van der Waals surface area contributed by atoms with Gasteiger partial charge in [0.1, 0.15) is 0 Å². The van der Waals surface area contributed by atoms with Crippen molar-refractivity contribution < 1.29 is 9.16 Å². The smallest absolute Gasteiger partial charge is 0.284 e. The van der Waals surface area contributed by atoms with Gasteiger partial charge in [-0.25, -0.2) is 0 Å². The Bertz CT molecular complexity index is 637. The van der Waals surface area contributed by atoms with E-state index >= 15 is 0 Å². The molecule has 0 saturated carbocycles. The van der Waals surface area contributed by atoms with Crippen LogP contribution < -0.4 is 0 Å². The first-order valence-corrected chi connectivity index (χ1v) is 12.1. The molecule has 2 aromatic carbocycles. The number of rotatable bonds is 8. The first-order valence-electron chi connectivity index (χ1n) is 8.66. The Labute approximate surface area is 153 Å². The van der Waals surface area contributed by atoms with Crippen LogP contribution in [0.3, 0.4) is 0 Å². The molecule has 0 aliphatic carbocycles.